The van der Waals surface area contributed by atoms with Gasteiger partial charge in [-0.1, -0.05) is 6.42 Å². The summed E-state index contributed by atoms with van der Waals surface area (Å²) in [6.07, 6.45) is 7.64. The van der Waals surface area contributed by atoms with E-state index < -0.39 is 0 Å². The van der Waals surface area contributed by atoms with Crippen LogP contribution in [0.15, 0.2) is 0 Å². The van der Waals surface area contributed by atoms with Crippen molar-refractivity contribution < 1.29 is 0 Å². The summed E-state index contributed by atoms with van der Waals surface area (Å²) in [5, 5.41) is 0. The normalized spacial score (nSPS) is 56.2. The maximum absolute atomic E-state index is 5.87. The molecule has 0 heterocycles. The highest BCUT2D eigenvalue weighted by Gasteiger charge is 2.49. The molecule has 0 radical (unpaired) electrons. The third-order valence-electron chi connectivity index (χ3n) is 4.82. The highest BCUT2D eigenvalue weighted by atomic mass is 14.6. The third kappa shape index (κ3) is 0.834. The molecule has 12 heavy (non-hydrogen) atoms. The average Bonchev–Trinajstić information content (AvgIpc) is 2.24. The molecular weight excluding hydrogens is 146 g/mol. The molecule has 68 valence electrons. The second kappa shape index (κ2) is 2.47. The Bertz CT molecular complexity index is 189. The van der Waals surface area contributed by atoms with E-state index in [9.17, 15) is 0 Å². The van der Waals surface area contributed by atoms with Gasteiger partial charge in [-0.2, -0.15) is 0 Å². The highest BCUT2D eigenvalue weighted by Crippen LogP contribution is 2.57. The summed E-state index contributed by atoms with van der Waals surface area (Å²) in [6.45, 7) is 0.971. The average molecular weight is 165 g/mol. The third-order valence-corrected chi connectivity index (χ3v) is 4.82. The maximum atomic E-state index is 5.87. The Kier molecular flexibility index (Phi) is 1.52. The highest BCUT2D eigenvalue weighted by molar-refractivity contribution is 5.00. The van der Waals surface area contributed by atoms with Gasteiger partial charge in [0.25, 0.3) is 0 Å². The van der Waals surface area contributed by atoms with E-state index in [-0.39, 0.29) is 0 Å². The molecule has 0 spiro atoms. The van der Waals surface area contributed by atoms with Crippen LogP contribution >= 0.6 is 0 Å². The molecule has 0 amide bonds. The lowest BCUT2D eigenvalue weighted by Crippen LogP contribution is -2.25. The fourth-order valence-corrected chi connectivity index (χ4v) is 4.41. The minimum Gasteiger partial charge on any atom is -0.330 e. The SMILES string of the molecule is NCC1C2CC3CCC1C(C3)C2. The van der Waals surface area contributed by atoms with Crippen molar-refractivity contribution in [2.24, 2.45) is 35.3 Å². The monoisotopic (exact) mass is 165 g/mol. The molecule has 3 aliphatic rings. The Labute approximate surface area is 74.7 Å². The molecule has 0 aliphatic heterocycles. The van der Waals surface area contributed by atoms with E-state index in [0.717, 1.165) is 36.1 Å². The van der Waals surface area contributed by atoms with E-state index >= 15 is 0 Å². The van der Waals surface area contributed by atoms with Crippen LogP contribution in [0.3, 0.4) is 0 Å². The van der Waals surface area contributed by atoms with E-state index in [0.29, 0.717) is 0 Å². The van der Waals surface area contributed by atoms with Crippen LogP contribution in [0.2, 0.25) is 0 Å². The van der Waals surface area contributed by atoms with Crippen LogP contribution in [-0.4, -0.2) is 6.54 Å². The van der Waals surface area contributed by atoms with Gasteiger partial charge in [-0.3, -0.25) is 0 Å². The smallest absolute Gasteiger partial charge is 0.00435 e. The van der Waals surface area contributed by atoms with E-state index in [1.54, 1.807) is 6.42 Å². The first-order valence-corrected chi connectivity index (χ1v) is 5.58. The summed E-state index contributed by atoms with van der Waals surface area (Å²) in [4.78, 5) is 0. The molecule has 0 aromatic heterocycles. The first-order chi connectivity index (χ1) is 5.88. The lowest BCUT2D eigenvalue weighted by Gasteiger charge is -2.33. The molecular formula is C11H19N. The van der Waals surface area contributed by atoms with Crippen LogP contribution in [0.4, 0.5) is 0 Å². The molecule has 3 aliphatic carbocycles. The van der Waals surface area contributed by atoms with E-state index in [1.807, 2.05) is 0 Å². The van der Waals surface area contributed by atoms with Gasteiger partial charge >= 0.3 is 0 Å². The van der Waals surface area contributed by atoms with Gasteiger partial charge in [0.15, 0.2) is 0 Å². The van der Waals surface area contributed by atoms with E-state index in [4.69, 9.17) is 5.73 Å². The quantitative estimate of drug-likeness (QED) is 0.632. The first-order valence-electron chi connectivity index (χ1n) is 5.58. The Morgan fingerprint density at radius 2 is 1.83 bits per heavy atom. The fourth-order valence-electron chi connectivity index (χ4n) is 4.41. The molecule has 1 nitrogen and oxygen atoms in total. The number of nitrogens with two attached hydrogens (primary N) is 1. The van der Waals surface area contributed by atoms with Crippen LogP contribution in [-0.2, 0) is 0 Å². The zero-order chi connectivity index (χ0) is 8.13. The zero-order valence-electron chi connectivity index (χ0n) is 7.71. The van der Waals surface area contributed by atoms with E-state index in [2.05, 4.69) is 0 Å². The summed E-state index contributed by atoms with van der Waals surface area (Å²) < 4.78 is 0. The Balaban J connectivity index is 1.91. The fraction of sp³-hybridized carbons (Fsp3) is 1.00. The second-order valence-corrected chi connectivity index (χ2v) is 5.23. The van der Waals surface area contributed by atoms with Gasteiger partial charge in [-0.15, -0.1) is 0 Å². The summed E-state index contributed by atoms with van der Waals surface area (Å²) in [5.74, 6) is 5.19. The summed E-state index contributed by atoms with van der Waals surface area (Å²) in [7, 11) is 0. The minimum atomic E-state index is 0.919. The molecule has 0 aromatic carbocycles. The Hall–Kier alpha value is -0.0400. The van der Waals surface area contributed by atoms with Crippen molar-refractivity contribution in [3.8, 4) is 0 Å². The number of rotatable bonds is 1. The Morgan fingerprint density at radius 3 is 2.67 bits per heavy atom. The summed E-state index contributed by atoms with van der Waals surface area (Å²) in [5.41, 5.74) is 5.87. The summed E-state index contributed by atoms with van der Waals surface area (Å²) in [6, 6.07) is 0. The second-order valence-electron chi connectivity index (χ2n) is 5.23. The molecule has 3 saturated carbocycles. The van der Waals surface area contributed by atoms with Crippen molar-refractivity contribution in [2.75, 3.05) is 6.54 Å². The topological polar surface area (TPSA) is 26.0 Å². The molecule has 3 fully saturated rings. The number of hydrogen-bond donors (Lipinski definition) is 1. The number of hydrogen-bond acceptors (Lipinski definition) is 1. The van der Waals surface area contributed by atoms with Gasteiger partial charge in [0.05, 0.1) is 0 Å². The van der Waals surface area contributed by atoms with Crippen LogP contribution in [0, 0.1) is 29.6 Å². The largest absolute Gasteiger partial charge is 0.330 e. The minimum absolute atomic E-state index is 0.919. The van der Waals surface area contributed by atoms with Crippen molar-refractivity contribution >= 4 is 0 Å². The maximum Gasteiger partial charge on any atom is -0.00435 e. The van der Waals surface area contributed by atoms with Gasteiger partial charge in [0.1, 0.15) is 0 Å². The van der Waals surface area contributed by atoms with Crippen molar-refractivity contribution in [2.45, 2.75) is 32.1 Å². The molecule has 3 rings (SSSR count). The zero-order valence-corrected chi connectivity index (χ0v) is 7.71. The van der Waals surface area contributed by atoms with Gasteiger partial charge in [0.2, 0.25) is 0 Å². The van der Waals surface area contributed by atoms with Crippen molar-refractivity contribution in [1.82, 2.24) is 0 Å². The molecule has 1 heteroatoms. The predicted molar refractivity (Wildman–Crippen MR) is 49.6 cm³/mol. The molecule has 0 saturated heterocycles. The van der Waals surface area contributed by atoms with Gasteiger partial charge in [-0.05, 0) is 61.8 Å². The molecule has 2 N–H and O–H groups in total. The van der Waals surface area contributed by atoms with Gasteiger partial charge in [0, 0.05) is 0 Å². The van der Waals surface area contributed by atoms with Crippen molar-refractivity contribution in [3.05, 3.63) is 0 Å². The van der Waals surface area contributed by atoms with Crippen LogP contribution < -0.4 is 5.73 Å². The lowest BCUT2D eigenvalue weighted by atomic mass is 9.72. The molecule has 5 unspecified atom stereocenters. The molecule has 0 aromatic rings. The summed E-state index contributed by atoms with van der Waals surface area (Å²) >= 11 is 0. The molecule has 3 bridgehead atoms. The Morgan fingerprint density at radius 1 is 1.00 bits per heavy atom. The van der Waals surface area contributed by atoms with E-state index in [1.165, 1.54) is 25.7 Å². The van der Waals surface area contributed by atoms with Gasteiger partial charge in [-0.25, -0.2) is 0 Å². The van der Waals surface area contributed by atoms with Crippen molar-refractivity contribution in [1.29, 1.82) is 0 Å². The predicted octanol–water partition coefficient (Wildman–Crippen LogP) is 2.02. The lowest BCUT2D eigenvalue weighted by molar-refractivity contribution is 0.175. The standard InChI is InChI=1S/C11H19N/c12-6-11-9-4-7-1-2-10(11)8(3-7)5-9/h7-11H,1-6,12H2. The number of fused-ring (bicyclic) bond motifs is 2. The first kappa shape index (κ1) is 7.37. The molecule has 5 atom stereocenters. The van der Waals surface area contributed by atoms with Crippen molar-refractivity contribution in [3.63, 3.8) is 0 Å². The van der Waals surface area contributed by atoms with Gasteiger partial charge < -0.3 is 5.73 Å². The van der Waals surface area contributed by atoms with Crippen LogP contribution in [0.5, 0.6) is 0 Å². The van der Waals surface area contributed by atoms with Crippen LogP contribution in [0.1, 0.15) is 32.1 Å². The van der Waals surface area contributed by atoms with Crippen LogP contribution in [0.25, 0.3) is 0 Å².